The maximum absolute atomic E-state index is 5.36. The summed E-state index contributed by atoms with van der Waals surface area (Å²) in [6.07, 6.45) is 0. The van der Waals surface area contributed by atoms with Crippen molar-refractivity contribution < 1.29 is 0 Å². The molecule has 1 aromatic heterocycles. The summed E-state index contributed by atoms with van der Waals surface area (Å²) in [7, 11) is 0. The molecule has 8 aromatic carbocycles. The lowest BCUT2D eigenvalue weighted by Crippen LogP contribution is -2.28. The highest BCUT2D eigenvalue weighted by Crippen LogP contribution is 2.58. The second kappa shape index (κ2) is 12.7. The van der Waals surface area contributed by atoms with Crippen LogP contribution in [0, 0.1) is 0 Å². The van der Waals surface area contributed by atoms with Crippen LogP contribution in [-0.4, -0.2) is 9.97 Å². The second-order valence-corrected chi connectivity index (χ2v) is 13.7. The molecule has 1 aliphatic carbocycles. The zero-order chi connectivity index (χ0) is 35.2. The molecule has 0 amide bonds. The molecule has 1 aliphatic rings. The van der Waals surface area contributed by atoms with Crippen LogP contribution in [-0.2, 0) is 5.41 Å². The van der Waals surface area contributed by atoms with E-state index < -0.39 is 5.41 Å². The Labute approximate surface area is 309 Å². The van der Waals surface area contributed by atoms with Gasteiger partial charge in [0.25, 0.3) is 0 Å². The van der Waals surface area contributed by atoms with E-state index in [0.717, 1.165) is 39.0 Å². The molecule has 0 unspecified atom stereocenters. The van der Waals surface area contributed by atoms with Gasteiger partial charge < -0.3 is 0 Å². The molecule has 0 spiro atoms. The van der Waals surface area contributed by atoms with Crippen molar-refractivity contribution in [3.63, 3.8) is 0 Å². The molecule has 0 N–H and O–H groups in total. The lowest BCUT2D eigenvalue weighted by Gasteiger charge is -2.34. The van der Waals surface area contributed by atoms with Crippen molar-refractivity contribution in [3.05, 3.63) is 229 Å². The van der Waals surface area contributed by atoms with Crippen LogP contribution in [0.3, 0.4) is 0 Å². The van der Waals surface area contributed by atoms with E-state index in [2.05, 4.69) is 200 Å². The van der Waals surface area contributed by atoms with Crippen molar-refractivity contribution in [2.75, 3.05) is 0 Å². The molecular weight excluding hydrogens is 641 g/mol. The Balaban J connectivity index is 1.24. The van der Waals surface area contributed by atoms with Gasteiger partial charge in [-0.25, -0.2) is 9.97 Å². The highest BCUT2D eigenvalue weighted by molar-refractivity contribution is 6.05. The highest BCUT2D eigenvalue weighted by Gasteiger charge is 2.47. The summed E-state index contributed by atoms with van der Waals surface area (Å²) in [5, 5.41) is 2.33. The van der Waals surface area contributed by atoms with E-state index in [1.165, 1.54) is 44.3 Å². The van der Waals surface area contributed by atoms with Crippen LogP contribution < -0.4 is 0 Å². The lowest BCUT2D eigenvalue weighted by atomic mass is 9.66. The molecule has 0 aliphatic heterocycles. The van der Waals surface area contributed by atoms with Gasteiger partial charge in [0.15, 0.2) is 5.82 Å². The molecule has 0 saturated carbocycles. The molecule has 9 aromatic rings. The van der Waals surface area contributed by atoms with Crippen LogP contribution in [0.4, 0.5) is 0 Å². The molecule has 1 heterocycles. The third-order valence-electron chi connectivity index (χ3n) is 10.8. The van der Waals surface area contributed by atoms with Crippen LogP contribution in [0.15, 0.2) is 206 Å². The largest absolute Gasteiger partial charge is 0.228 e. The lowest BCUT2D eigenvalue weighted by molar-refractivity contribution is 0.775. The Morgan fingerprint density at radius 1 is 0.321 bits per heavy atom. The summed E-state index contributed by atoms with van der Waals surface area (Å²) in [5.74, 6) is 0.706. The minimum atomic E-state index is -0.512. The van der Waals surface area contributed by atoms with Crippen LogP contribution in [0.2, 0.25) is 0 Å². The van der Waals surface area contributed by atoms with Crippen molar-refractivity contribution in [2.24, 2.45) is 0 Å². The predicted octanol–water partition coefficient (Wildman–Crippen LogP) is 12.7. The Morgan fingerprint density at radius 2 is 0.849 bits per heavy atom. The van der Waals surface area contributed by atoms with Crippen molar-refractivity contribution in [3.8, 4) is 56.2 Å². The molecule has 248 valence electrons. The normalized spacial score (nSPS) is 12.7. The molecular formula is C51H34N2. The predicted molar refractivity (Wildman–Crippen MR) is 219 cm³/mol. The van der Waals surface area contributed by atoms with E-state index >= 15 is 0 Å². The van der Waals surface area contributed by atoms with Crippen LogP contribution in [0.5, 0.6) is 0 Å². The Morgan fingerprint density at radius 3 is 1.55 bits per heavy atom. The number of hydrogen-bond acceptors (Lipinski definition) is 2. The minimum Gasteiger partial charge on any atom is -0.228 e. The molecule has 0 radical (unpaired) electrons. The summed E-state index contributed by atoms with van der Waals surface area (Å²) in [6, 6.07) is 73.9. The van der Waals surface area contributed by atoms with Gasteiger partial charge in [-0.05, 0) is 67.4 Å². The molecule has 0 atom stereocenters. The number of nitrogens with zero attached hydrogens (tertiary/aromatic N) is 2. The highest BCUT2D eigenvalue weighted by atomic mass is 14.9. The standard InChI is InChI=1S/C51H34N2/c1-5-17-35(18-6-1)37-21-15-22-38(33-37)48-34-47(36-19-7-2-8-20-36)52-50(53-48)45-29-16-28-43-41(45)31-32-44-42-27-13-14-30-46(42)51(49(43)44,39-23-9-3-10-24-39)40-25-11-4-12-26-40/h1-34H. The van der Waals surface area contributed by atoms with Crippen LogP contribution >= 0.6 is 0 Å². The van der Waals surface area contributed by atoms with Gasteiger partial charge >= 0.3 is 0 Å². The second-order valence-electron chi connectivity index (χ2n) is 13.7. The van der Waals surface area contributed by atoms with E-state index in [0.29, 0.717) is 5.82 Å². The van der Waals surface area contributed by atoms with Crippen molar-refractivity contribution in [1.29, 1.82) is 0 Å². The summed E-state index contributed by atoms with van der Waals surface area (Å²) < 4.78 is 0. The molecule has 2 nitrogen and oxygen atoms in total. The zero-order valence-corrected chi connectivity index (χ0v) is 29.0. The van der Waals surface area contributed by atoms with E-state index in [1.54, 1.807) is 0 Å². The number of fused-ring (bicyclic) bond motifs is 5. The minimum absolute atomic E-state index is 0.512. The van der Waals surface area contributed by atoms with Gasteiger partial charge in [-0.1, -0.05) is 194 Å². The topological polar surface area (TPSA) is 25.8 Å². The van der Waals surface area contributed by atoms with Crippen LogP contribution in [0.1, 0.15) is 22.3 Å². The van der Waals surface area contributed by atoms with Gasteiger partial charge in [0.05, 0.1) is 16.8 Å². The molecule has 0 bridgehead atoms. The molecule has 53 heavy (non-hydrogen) atoms. The maximum atomic E-state index is 5.36. The maximum Gasteiger partial charge on any atom is 0.161 e. The van der Waals surface area contributed by atoms with Gasteiger partial charge in [-0.2, -0.15) is 0 Å². The Bertz CT molecular complexity index is 2720. The zero-order valence-electron chi connectivity index (χ0n) is 29.0. The first-order valence-electron chi connectivity index (χ1n) is 18.2. The Kier molecular flexibility index (Phi) is 7.40. The SMILES string of the molecule is c1ccc(-c2cccc(-c3cc(-c4ccccc4)nc(-c4cccc5c6c(ccc45)-c4ccccc4C6(c4ccccc4)c4ccccc4)n3)c2)cc1. The number of aromatic nitrogens is 2. The monoisotopic (exact) mass is 674 g/mol. The average Bonchev–Trinajstić information content (AvgIpc) is 3.56. The fraction of sp³-hybridized carbons (Fsp3) is 0.0196. The summed E-state index contributed by atoms with van der Waals surface area (Å²) in [6.45, 7) is 0. The van der Waals surface area contributed by atoms with Gasteiger partial charge in [0.1, 0.15) is 0 Å². The van der Waals surface area contributed by atoms with Gasteiger partial charge in [-0.3, -0.25) is 0 Å². The molecule has 2 heteroatoms. The molecule has 0 saturated heterocycles. The summed E-state index contributed by atoms with van der Waals surface area (Å²) in [4.78, 5) is 10.7. The van der Waals surface area contributed by atoms with Crippen molar-refractivity contribution >= 4 is 10.8 Å². The first-order valence-corrected chi connectivity index (χ1v) is 18.2. The summed E-state index contributed by atoms with van der Waals surface area (Å²) >= 11 is 0. The third-order valence-corrected chi connectivity index (χ3v) is 10.8. The number of rotatable bonds is 6. The smallest absolute Gasteiger partial charge is 0.161 e. The van der Waals surface area contributed by atoms with Gasteiger partial charge in [-0.15, -0.1) is 0 Å². The van der Waals surface area contributed by atoms with Gasteiger partial charge in [0.2, 0.25) is 0 Å². The fourth-order valence-corrected chi connectivity index (χ4v) is 8.46. The molecule has 0 fully saturated rings. The van der Waals surface area contributed by atoms with Gasteiger partial charge in [0, 0.05) is 16.7 Å². The van der Waals surface area contributed by atoms with Crippen LogP contribution in [0.25, 0.3) is 66.9 Å². The number of hydrogen-bond donors (Lipinski definition) is 0. The van der Waals surface area contributed by atoms with Crippen molar-refractivity contribution in [1.82, 2.24) is 9.97 Å². The van der Waals surface area contributed by atoms with E-state index in [1.807, 2.05) is 6.07 Å². The van der Waals surface area contributed by atoms with E-state index in [9.17, 15) is 0 Å². The first-order chi connectivity index (χ1) is 26.3. The average molecular weight is 675 g/mol. The fourth-order valence-electron chi connectivity index (χ4n) is 8.46. The Hall–Kier alpha value is -6.90. The molecule has 10 rings (SSSR count). The van der Waals surface area contributed by atoms with E-state index in [4.69, 9.17) is 9.97 Å². The quantitative estimate of drug-likeness (QED) is 0.175. The first kappa shape index (κ1) is 30.9. The van der Waals surface area contributed by atoms with Crippen molar-refractivity contribution in [2.45, 2.75) is 5.41 Å². The third kappa shape index (κ3) is 5.03. The summed E-state index contributed by atoms with van der Waals surface area (Å²) in [5.41, 5.74) is 14.3. The van der Waals surface area contributed by atoms with E-state index in [-0.39, 0.29) is 0 Å². The number of benzene rings is 8.